The van der Waals surface area contributed by atoms with Crippen molar-refractivity contribution in [2.75, 3.05) is 13.6 Å². The highest BCUT2D eigenvalue weighted by atomic mass is 127. The second kappa shape index (κ2) is 10.2. The fourth-order valence-electron chi connectivity index (χ4n) is 2.98. The highest BCUT2D eigenvalue weighted by Crippen LogP contribution is 2.37. The van der Waals surface area contributed by atoms with Crippen molar-refractivity contribution in [1.29, 1.82) is 0 Å². The molecular formula is C17H26F3IN4. The number of pyridine rings is 1. The maximum absolute atomic E-state index is 12.9. The molecule has 25 heavy (non-hydrogen) atoms. The highest BCUT2D eigenvalue weighted by Gasteiger charge is 2.42. The normalized spacial score (nSPS) is 21.4. The summed E-state index contributed by atoms with van der Waals surface area (Å²) in [5.74, 6) is -0.650. The molecule has 1 aromatic heterocycles. The summed E-state index contributed by atoms with van der Waals surface area (Å²) < 4.78 is 38.6. The van der Waals surface area contributed by atoms with Gasteiger partial charge in [0.2, 0.25) is 0 Å². The lowest BCUT2D eigenvalue weighted by atomic mass is 9.85. The molecule has 1 aliphatic carbocycles. The van der Waals surface area contributed by atoms with Gasteiger partial charge in [0.05, 0.1) is 5.92 Å². The Bertz CT molecular complexity index is 546. The summed E-state index contributed by atoms with van der Waals surface area (Å²) in [5.41, 5.74) is 2.08. The van der Waals surface area contributed by atoms with Gasteiger partial charge in [0, 0.05) is 31.5 Å². The van der Waals surface area contributed by atoms with Crippen LogP contribution >= 0.6 is 24.0 Å². The van der Waals surface area contributed by atoms with Gasteiger partial charge in [-0.3, -0.25) is 9.98 Å². The van der Waals surface area contributed by atoms with Crippen LogP contribution in [0.5, 0.6) is 0 Å². The smallest absolute Gasteiger partial charge is 0.356 e. The third-order valence-corrected chi connectivity index (χ3v) is 4.38. The second-order valence-electron chi connectivity index (χ2n) is 6.30. The number of nitrogens with one attached hydrogen (secondary N) is 2. The average molecular weight is 470 g/mol. The monoisotopic (exact) mass is 470 g/mol. The van der Waals surface area contributed by atoms with E-state index in [1.807, 2.05) is 25.3 Å². The Morgan fingerprint density at radius 3 is 2.68 bits per heavy atom. The lowest BCUT2D eigenvalue weighted by molar-refractivity contribution is -0.183. The van der Waals surface area contributed by atoms with Gasteiger partial charge in [-0.2, -0.15) is 13.2 Å². The summed E-state index contributed by atoms with van der Waals surface area (Å²) in [6.45, 7) is 2.59. The minimum absolute atomic E-state index is 0. The molecule has 0 bridgehead atoms. The van der Waals surface area contributed by atoms with Crippen molar-refractivity contribution in [3.05, 3.63) is 29.6 Å². The lowest BCUT2D eigenvalue weighted by Crippen LogP contribution is -2.47. The summed E-state index contributed by atoms with van der Waals surface area (Å²) >= 11 is 0. The molecule has 8 heteroatoms. The predicted molar refractivity (Wildman–Crippen MR) is 104 cm³/mol. The Balaban J connectivity index is 0.00000312. The van der Waals surface area contributed by atoms with E-state index in [4.69, 9.17) is 0 Å². The molecule has 2 rings (SSSR count). The Kier molecular flexibility index (Phi) is 8.95. The SMILES string of the molecule is CN=C(NCCc1ccc(C)nc1)NC1CCCC(C(F)(F)F)C1.I. The van der Waals surface area contributed by atoms with Gasteiger partial charge in [0.1, 0.15) is 0 Å². The van der Waals surface area contributed by atoms with Gasteiger partial charge in [0.15, 0.2) is 5.96 Å². The molecule has 0 spiro atoms. The van der Waals surface area contributed by atoms with Crippen LogP contribution in [0.15, 0.2) is 23.3 Å². The van der Waals surface area contributed by atoms with Crippen molar-refractivity contribution in [2.45, 2.75) is 51.2 Å². The van der Waals surface area contributed by atoms with Gasteiger partial charge in [0.25, 0.3) is 0 Å². The van der Waals surface area contributed by atoms with Gasteiger partial charge < -0.3 is 10.6 Å². The Morgan fingerprint density at radius 2 is 2.08 bits per heavy atom. The molecule has 2 unspecified atom stereocenters. The van der Waals surface area contributed by atoms with Crippen LogP contribution < -0.4 is 10.6 Å². The van der Waals surface area contributed by atoms with E-state index in [-0.39, 0.29) is 42.9 Å². The molecule has 0 radical (unpaired) electrons. The molecule has 1 aromatic rings. The van der Waals surface area contributed by atoms with Gasteiger partial charge in [-0.15, -0.1) is 24.0 Å². The molecule has 0 saturated heterocycles. The molecule has 0 aliphatic heterocycles. The Morgan fingerprint density at radius 1 is 1.32 bits per heavy atom. The number of alkyl halides is 3. The maximum Gasteiger partial charge on any atom is 0.391 e. The van der Waals surface area contributed by atoms with Crippen molar-refractivity contribution < 1.29 is 13.2 Å². The molecule has 2 atom stereocenters. The topological polar surface area (TPSA) is 49.3 Å². The summed E-state index contributed by atoms with van der Waals surface area (Å²) in [7, 11) is 1.63. The first-order chi connectivity index (χ1) is 11.4. The third-order valence-electron chi connectivity index (χ3n) is 4.38. The summed E-state index contributed by atoms with van der Waals surface area (Å²) in [5, 5.41) is 6.29. The van der Waals surface area contributed by atoms with Crippen LogP contribution in [-0.2, 0) is 6.42 Å². The van der Waals surface area contributed by atoms with E-state index >= 15 is 0 Å². The standard InChI is InChI=1S/C17H25F3N4.HI/c1-12-6-7-13(11-23-12)8-9-22-16(21-2)24-15-5-3-4-14(10-15)17(18,19)20;/h6-7,11,14-15H,3-5,8-10H2,1-2H3,(H2,21,22,24);1H. The maximum atomic E-state index is 12.9. The molecule has 4 nitrogen and oxygen atoms in total. The first-order valence-corrected chi connectivity index (χ1v) is 8.34. The first-order valence-electron chi connectivity index (χ1n) is 8.34. The number of hydrogen-bond acceptors (Lipinski definition) is 2. The summed E-state index contributed by atoms with van der Waals surface area (Å²) in [6.07, 6.45) is 0.199. The van der Waals surface area contributed by atoms with Gasteiger partial charge in [-0.25, -0.2) is 0 Å². The molecular weight excluding hydrogens is 444 g/mol. The zero-order valence-electron chi connectivity index (χ0n) is 14.6. The number of hydrogen-bond donors (Lipinski definition) is 2. The van der Waals surface area contributed by atoms with Crippen molar-refractivity contribution in [3.8, 4) is 0 Å². The molecule has 1 fully saturated rings. The highest BCUT2D eigenvalue weighted by molar-refractivity contribution is 14.0. The molecule has 2 N–H and O–H groups in total. The number of nitrogens with zero attached hydrogens (tertiary/aromatic N) is 2. The third kappa shape index (κ3) is 7.37. The fourth-order valence-corrected chi connectivity index (χ4v) is 2.98. The van der Waals surface area contributed by atoms with Crippen LogP contribution in [-0.4, -0.2) is 36.8 Å². The Labute approximate surface area is 164 Å². The van der Waals surface area contributed by atoms with Crippen molar-refractivity contribution in [1.82, 2.24) is 15.6 Å². The minimum Gasteiger partial charge on any atom is -0.356 e. The molecule has 0 amide bonds. The molecule has 1 saturated carbocycles. The number of aromatic nitrogens is 1. The largest absolute Gasteiger partial charge is 0.391 e. The van der Waals surface area contributed by atoms with E-state index in [0.717, 1.165) is 24.1 Å². The van der Waals surface area contributed by atoms with E-state index in [0.29, 0.717) is 18.9 Å². The zero-order chi connectivity index (χ0) is 17.6. The molecule has 142 valence electrons. The van der Waals surface area contributed by atoms with Crippen LogP contribution in [0.3, 0.4) is 0 Å². The number of guanidine groups is 1. The summed E-state index contributed by atoms with van der Waals surface area (Å²) in [6, 6.07) is 3.80. The number of aryl methyl sites for hydroxylation is 1. The van der Waals surface area contributed by atoms with E-state index < -0.39 is 12.1 Å². The minimum atomic E-state index is -4.10. The van der Waals surface area contributed by atoms with Gasteiger partial charge in [-0.05, 0) is 44.2 Å². The molecule has 1 heterocycles. The lowest BCUT2D eigenvalue weighted by Gasteiger charge is -2.31. The zero-order valence-corrected chi connectivity index (χ0v) is 16.9. The van der Waals surface area contributed by atoms with E-state index in [2.05, 4.69) is 20.6 Å². The molecule has 1 aliphatic rings. The number of rotatable bonds is 4. The average Bonchev–Trinajstić information content (AvgIpc) is 2.55. The first kappa shape index (κ1) is 22.0. The van der Waals surface area contributed by atoms with Gasteiger partial charge >= 0.3 is 6.18 Å². The van der Waals surface area contributed by atoms with Crippen LogP contribution in [0, 0.1) is 12.8 Å². The van der Waals surface area contributed by atoms with Crippen molar-refractivity contribution >= 4 is 29.9 Å². The number of halogens is 4. The predicted octanol–water partition coefficient (Wildman–Crippen LogP) is 3.84. The van der Waals surface area contributed by atoms with E-state index in [1.54, 1.807) is 7.05 Å². The van der Waals surface area contributed by atoms with E-state index in [9.17, 15) is 13.2 Å². The van der Waals surface area contributed by atoms with Crippen molar-refractivity contribution in [3.63, 3.8) is 0 Å². The summed E-state index contributed by atoms with van der Waals surface area (Å²) in [4.78, 5) is 8.35. The van der Waals surface area contributed by atoms with Crippen LogP contribution in [0.4, 0.5) is 13.2 Å². The fraction of sp³-hybridized carbons (Fsp3) is 0.647. The molecule has 0 aromatic carbocycles. The van der Waals surface area contributed by atoms with Crippen LogP contribution in [0.25, 0.3) is 0 Å². The quantitative estimate of drug-likeness (QED) is 0.400. The second-order valence-corrected chi connectivity index (χ2v) is 6.30. The Hall–Kier alpha value is -1.06. The van der Waals surface area contributed by atoms with E-state index in [1.165, 1.54) is 0 Å². The van der Waals surface area contributed by atoms with Crippen LogP contribution in [0.2, 0.25) is 0 Å². The number of aliphatic imine (C=N–C) groups is 1. The van der Waals surface area contributed by atoms with Crippen LogP contribution in [0.1, 0.15) is 36.9 Å². The van der Waals surface area contributed by atoms with Gasteiger partial charge in [-0.1, -0.05) is 12.5 Å². The van der Waals surface area contributed by atoms with Crippen molar-refractivity contribution in [2.24, 2.45) is 10.9 Å².